The summed E-state index contributed by atoms with van der Waals surface area (Å²) >= 11 is 0. The first-order valence-corrected chi connectivity index (χ1v) is 11.1. The maximum atomic E-state index is 14.1. The highest BCUT2D eigenvalue weighted by atomic mass is 32.2. The Kier molecular flexibility index (Phi) is 7.14. The lowest BCUT2D eigenvalue weighted by molar-refractivity contribution is -0.123. The number of rotatable bonds is 8. The molecule has 3 rings (SSSR count). The number of halogens is 2. The molecule has 3 aromatic rings. The molecule has 0 saturated heterocycles. The van der Waals surface area contributed by atoms with Crippen LogP contribution in [-0.4, -0.2) is 20.4 Å². The van der Waals surface area contributed by atoms with Gasteiger partial charge in [0.05, 0.1) is 6.04 Å². The Balaban J connectivity index is 1.84. The molecule has 5 nitrogen and oxygen atoms in total. The SMILES string of the molecule is C[C@H](NC(=O)[C@H](Cc1ccccc1)NS(=O)(=O)c1ccccc1F)c1ccc(F)cc1. The summed E-state index contributed by atoms with van der Waals surface area (Å²) < 4.78 is 55.1. The van der Waals surface area contributed by atoms with E-state index in [1.807, 2.05) is 0 Å². The summed E-state index contributed by atoms with van der Waals surface area (Å²) in [4.78, 5) is 12.5. The van der Waals surface area contributed by atoms with Gasteiger partial charge in [-0.1, -0.05) is 54.6 Å². The van der Waals surface area contributed by atoms with Gasteiger partial charge in [-0.2, -0.15) is 4.72 Å². The number of amides is 1. The van der Waals surface area contributed by atoms with Crippen LogP contribution in [0.1, 0.15) is 24.1 Å². The first-order valence-electron chi connectivity index (χ1n) is 9.63. The van der Waals surface area contributed by atoms with E-state index in [4.69, 9.17) is 0 Å². The van der Waals surface area contributed by atoms with Crippen LogP contribution >= 0.6 is 0 Å². The lowest BCUT2D eigenvalue weighted by Gasteiger charge is -2.22. The van der Waals surface area contributed by atoms with Gasteiger partial charge in [0, 0.05) is 0 Å². The number of benzene rings is 3. The van der Waals surface area contributed by atoms with Crippen molar-refractivity contribution in [1.82, 2.24) is 10.0 Å². The highest BCUT2D eigenvalue weighted by molar-refractivity contribution is 7.89. The molecule has 31 heavy (non-hydrogen) atoms. The zero-order valence-corrected chi connectivity index (χ0v) is 17.6. The third kappa shape index (κ3) is 5.96. The second-order valence-corrected chi connectivity index (χ2v) is 8.76. The van der Waals surface area contributed by atoms with Crippen molar-refractivity contribution in [3.63, 3.8) is 0 Å². The van der Waals surface area contributed by atoms with Gasteiger partial charge in [-0.05, 0) is 48.7 Å². The van der Waals surface area contributed by atoms with Crippen molar-refractivity contribution >= 4 is 15.9 Å². The molecule has 0 aliphatic heterocycles. The quantitative estimate of drug-likeness (QED) is 0.556. The molecule has 0 spiro atoms. The molecule has 0 unspecified atom stereocenters. The standard InChI is InChI=1S/C23H22F2N2O3S/c1-16(18-11-13-19(24)14-12-18)26-23(28)21(15-17-7-3-2-4-8-17)27-31(29,30)22-10-6-5-9-20(22)25/h2-14,16,21,27H,15H2,1H3,(H,26,28)/t16-,21-/m0/s1. The molecule has 3 aromatic carbocycles. The summed E-state index contributed by atoms with van der Waals surface area (Å²) in [5.41, 5.74) is 1.39. The number of hydrogen-bond acceptors (Lipinski definition) is 3. The molecule has 0 radical (unpaired) electrons. The summed E-state index contributed by atoms with van der Waals surface area (Å²) in [6, 6.07) is 17.8. The molecule has 0 aliphatic carbocycles. The molecule has 0 aromatic heterocycles. The molecule has 2 N–H and O–H groups in total. The minimum Gasteiger partial charge on any atom is -0.348 e. The van der Waals surface area contributed by atoms with Crippen LogP contribution in [0.15, 0.2) is 83.8 Å². The second-order valence-electron chi connectivity index (χ2n) is 7.08. The van der Waals surface area contributed by atoms with Crippen molar-refractivity contribution in [3.8, 4) is 0 Å². The van der Waals surface area contributed by atoms with Crippen molar-refractivity contribution < 1.29 is 22.0 Å². The third-order valence-corrected chi connectivity index (χ3v) is 6.26. The lowest BCUT2D eigenvalue weighted by Crippen LogP contribution is -2.48. The van der Waals surface area contributed by atoms with Gasteiger partial charge in [0.15, 0.2) is 0 Å². The van der Waals surface area contributed by atoms with Gasteiger partial charge in [0.1, 0.15) is 22.6 Å². The van der Waals surface area contributed by atoms with Crippen molar-refractivity contribution in [3.05, 3.63) is 102 Å². The van der Waals surface area contributed by atoms with Crippen molar-refractivity contribution in [2.75, 3.05) is 0 Å². The van der Waals surface area contributed by atoms with Gasteiger partial charge in [0.2, 0.25) is 15.9 Å². The van der Waals surface area contributed by atoms with E-state index in [2.05, 4.69) is 10.0 Å². The Morgan fingerprint density at radius 2 is 1.52 bits per heavy atom. The number of carbonyl (C=O) groups is 1. The molecule has 0 fully saturated rings. The topological polar surface area (TPSA) is 75.3 Å². The van der Waals surface area contributed by atoms with Gasteiger partial charge in [-0.15, -0.1) is 0 Å². The average Bonchev–Trinajstić information content (AvgIpc) is 2.74. The van der Waals surface area contributed by atoms with Gasteiger partial charge < -0.3 is 5.32 Å². The minimum atomic E-state index is -4.30. The summed E-state index contributed by atoms with van der Waals surface area (Å²) in [5, 5.41) is 2.74. The summed E-state index contributed by atoms with van der Waals surface area (Å²) in [6.07, 6.45) is 0.0660. The van der Waals surface area contributed by atoms with E-state index in [1.165, 1.54) is 36.4 Å². The molecule has 1 amide bonds. The lowest BCUT2D eigenvalue weighted by atomic mass is 10.0. The highest BCUT2D eigenvalue weighted by Gasteiger charge is 2.28. The second kappa shape index (κ2) is 9.80. The zero-order chi connectivity index (χ0) is 22.4. The van der Waals surface area contributed by atoms with E-state index in [-0.39, 0.29) is 6.42 Å². The van der Waals surface area contributed by atoms with E-state index in [0.717, 1.165) is 17.7 Å². The predicted octanol–water partition coefficient (Wildman–Crippen LogP) is 3.73. The van der Waals surface area contributed by atoms with E-state index >= 15 is 0 Å². The van der Waals surface area contributed by atoms with Crippen LogP contribution in [0.5, 0.6) is 0 Å². The molecule has 0 aliphatic rings. The molecular formula is C23H22F2N2O3S. The third-order valence-electron chi connectivity index (χ3n) is 4.75. The number of hydrogen-bond donors (Lipinski definition) is 2. The number of nitrogens with one attached hydrogen (secondary N) is 2. The zero-order valence-electron chi connectivity index (χ0n) is 16.8. The summed E-state index contributed by atoms with van der Waals surface area (Å²) in [6.45, 7) is 1.70. The summed E-state index contributed by atoms with van der Waals surface area (Å²) in [7, 11) is -4.30. The van der Waals surface area contributed by atoms with E-state index in [9.17, 15) is 22.0 Å². The van der Waals surface area contributed by atoms with Crippen LogP contribution in [0, 0.1) is 11.6 Å². The van der Waals surface area contributed by atoms with Crippen LogP contribution in [0.2, 0.25) is 0 Å². The molecule has 162 valence electrons. The van der Waals surface area contributed by atoms with Crippen LogP contribution in [-0.2, 0) is 21.2 Å². The van der Waals surface area contributed by atoms with Crippen LogP contribution in [0.25, 0.3) is 0 Å². The fourth-order valence-corrected chi connectivity index (χ4v) is 4.37. The minimum absolute atomic E-state index is 0.0660. The Hall–Kier alpha value is -3.10. The fraction of sp³-hybridized carbons (Fsp3) is 0.174. The van der Waals surface area contributed by atoms with Crippen LogP contribution < -0.4 is 10.0 Å². The fourth-order valence-electron chi connectivity index (χ4n) is 3.10. The normalized spacial score (nSPS) is 13.4. The van der Waals surface area contributed by atoms with E-state index < -0.39 is 44.5 Å². The first kappa shape index (κ1) is 22.6. The monoisotopic (exact) mass is 444 g/mol. The maximum absolute atomic E-state index is 14.1. The van der Waals surface area contributed by atoms with Crippen LogP contribution in [0.3, 0.4) is 0 Å². The average molecular weight is 445 g/mol. The molecule has 0 saturated carbocycles. The van der Waals surface area contributed by atoms with Gasteiger partial charge in [0.25, 0.3) is 0 Å². The Labute approximate surface area is 180 Å². The first-order chi connectivity index (χ1) is 14.8. The summed E-state index contributed by atoms with van der Waals surface area (Å²) in [5.74, 6) is -1.89. The molecular weight excluding hydrogens is 422 g/mol. The van der Waals surface area contributed by atoms with Crippen LogP contribution in [0.4, 0.5) is 8.78 Å². The van der Waals surface area contributed by atoms with Crippen molar-refractivity contribution in [1.29, 1.82) is 0 Å². The Morgan fingerprint density at radius 1 is 0.903 bits per heavy atom. The Morgan fingerprint density at radius 3 is 2.16 bits per heavy atom. The van der Waals surface area contributed by atoms with E-state index in [1.54, 1.807) is 37.3 Å². The molecule has 0 bridgehead atoms. The highest BCUT2D eigenvalue weighted by Crippen LogP contribution is 2.17. The van der Waals surface area contributed by atoms with Gasteiger partial charge in [-0.3, -0.25) is 4.79 Å². The van der Waals surface area contributed by atoms with Crippen molar-refractivity contribution in [2.24, 2.45) is 0 Å². The number of sulfonamides is 1. The van der Waals surface area contributed by atoms with Gasteiger partial charge in [-0.25, -0.2) is 17.2 Å². The molecule has 8 heteroatoms. The predicted molar refractivity (Wildman–Crippen MR) is 114 cm³/mol. The molecule has 2 atom stereocenters. The van der Waals surface area contributed by atoms with Gasteiger partial charge >= 0.3 is 0 Å². The molecule has 0 heterocycles. The maximum Gasteiger partial charge on any atom is 0.244 e. The van der Waals surface area contributed by atoms with Crippen molar-refractivity contribution in [2.45, 2.75) is 30.3 Å². The van der Waals surface area contributed by atoms with E-state index in [0.29, 0.717) is 5.56 Å². The Bertz CT molecular complexity index is 1140. The smallest absolute Gasteiger partial charge is 0.244 e. The number of carbonyl (C=O) groups excluding carboxylic acids is 1. The largest absolute Gasteiger partial charge is 0.348 e.